The molecule has 0 aromatic heterocycles. The summed E-state index contributed by atoms with van der Waals surface area (Å²) < 4.78 is 19.8. The van der Waals surface area contributed by atoms with Gasteiger partial charge in [0.25, 0.3) is 0 Å². The lowest BCUT2D eigenvalue weighted by Crippen LogP contribution is -1.99. The van der Waals surface area contributed by atoms with E-state index in [1.54, 1.807) is 18.2 Å². The van der Waals surface area contributed by atoms with Gasteiger partial charge in [-0.2, -0.15) is 0 Å². The molecule has 0 radical (unpaired) electrons. The number of halogens is 4. The van der Waals surface area contributed by atoms with Crippen LogP contribution in [0.25, 0.3) is 0 Å². The summed E-state index contributed by atoms with van der Waals surface area (Å²) in [5.41, 5.74) is 0.388. The van der Waals surface area contributed by atoms with Crippen LogP contribution >= 0.6 is 39.1 Å². The fraction of sp³-hybridized carbons (Fsp3) is 0.0769. The SMILES string of the molecule is Fc1ccc(Cl)cc1COc1cc(Br)ccc1Cl. The maximum absolute atomic E-state index is 13.5. The molecule has 2 rings (SSSR count). The Morgan fingerprint density at radius 2 is 1.89 bits per heavy atom. The van der Waals surface area contributed by atoms with Crippen LogP contribution < -0.4 is 4.74 Å². The third-order valence-electron chi connectivity index (χ3n) is 2.28. The fourth-order valence-corrected chi connectivity index (χ4v) is 2.10. The van der Waals surface area contributed by atoms with E-state index in [2.05, 4.69) is 15.9 Å². The van der Waals surface area contributed by atoms with E-state index in [1.165, 1.54) is 18.2 Å². The molecule has 0 saturated carbocycles. The van der Waals surface area contributed by atoms with E-state index in [4.69, 9.17) is 27.9 Å². The van der Waals surface area contributed by atoms with Crippen molar-refractivity contribution in [2.24, 2.45) is 0 Å². The highest BCUT2D eigenvalue weighted by atomic mass is 79.9. The van der Waals surface area contributed by atoms with Crippen LogP contribution in [0.15, 0.2) is 40.9 Å². The van der Waals surface area contributed by atoms with Crippen LogP contribution in [0.1, 0.15) is 5.56 Å². The Morgan fingerprint density at radius 1 is 1.11 bits per heavy atom. The monoisotopic (exact) mass is 348 g/mol. The van der Waals surface area contributed by atoms with Crippen molar-refractivity contribution in [1.82, 2.24) is 0 Å². The van der Waals surface area contributed by atoms with Gasteiger partial charge in [-0.05, 0) is 36.4 Å². The maximum Gasteiger partial charge on any atom is 0.139 e. The molecular weight excluding hydrogens is 342 g/mol. The third-order valence-corrected chi connectivity index (χ3v) is 3.32. The van der Waals surface area contributed by atoms with Crippen LogP contribution in [0.4, 0.5) is 4.39 Å². The van der Waals surface area contributed by atoms with Gasteiger partial charge in [0.1, 0.15) is 18.2 Å². The van der Waals surface area contributed by atoms with E-state index in [0.29, 0.717) is 21.4 Å². The maximum atomic E-state index is 13.5. The predicted molar refractivity (Wildman–Crippen MR) is 74.9 cm³/mol. The molecule has 2 aromatic rings. The van der Waals surface area contributed by atoms with E-state index in [1.807, 2.05) is 0 Å². The summed E-state index contributed by atoms with van der Waals surface area (Å²) in [5, 5.41) is 0.941. The van der Waals surface area contributed by atoms with Gasteiger partial charge >= 0.3 is 0 Å². The molecule has 0 saturated heterocycles. The first-order chi connectivity index (χ1) is 8.56. The molecule has 94 valence electrons. The fourth-order valence-electron chi connectivity index (χ4n) is 1.40. The molecule has 0 aliphatic rings. The Hall–Kier alpha value is -0.770. The first-order valence-corrected chi connectivity index (χ1v) is 6.63. The Balaban J connectivity index is 2.16. The van der Waals surface area contributed by atoms with Gasteiger partial charge in [0.2, 0.25) is 0 Å². The van der Waals surface area contributed by atoms with Crippen molar-refractivity contribution in [2.45, 2.75) is 6.61 Å². The van der Waals surface area contributed by atoms with Crippen LogP contribution in [-0.2, 0) is 6.61 Å². The highest BCUT2D eigenvalue weighted by molar-refractivity contribution is 9.10. The molecule has 0 N–H and O–H groups in total. The molecular formula is C13H8BrCl2FO. The van der Waals surface area contributed by atoms with Crippen LogP contribution in [0.3, 0.4) is 0 Å². The quantitative estimate of drug-likeness (QED) is 0.713. The molecule has 0 atom stereocenters. The molecule has 2 aromatic carbocycles. The van der Waals surface area contributed by atoms with Gasteiger partial charge in [0.15, 0.2) is 0 Å². The van der Waals surface area contributed by atoms with Crippen LogP contribution in [-0.4, -0.2) is 0 Å². The van der Waals surface area contributed by atoms with Crippen molar-refractivity contribution in [2.75, 3.05) is 0 Å². The molecule has 0 unspecified atom stereocenters. The standard InChI is InChI=1S/C13H8BrCl2FO/c14-9-1-3-11(16)13(6-9)18-7-8-5-10(15)2-4-12(8)17/h1-6H,7H2. The largest absolute Gasteiger partial charge is 0.487 e. The van der Waals surface area contributed by atoms with E-state index < -0.39 is 0 Å². The van der Waals surface area contributed by atoms with Gasteiger partial charge < -0.3 is 4.74 Å². The summed E-state index contributed by atoms with van der Waals surface area (Å²) in [7, 11) is 0. The summed E-state index contributed by atoms with van der Waals surface area (Å²) in [5.74, 6) is 0.135. The normalized spacial score (nSPS) is 10.4. The minimum absolute atomic E-state index is 0.0720. The Morgan fingerprint density at radius 3 is 2.67 bits per heavy atom. The van der Waals surface area contributed by atoms with E-state index in [0.717, 1.165) is 4.47 Å². The molecule has 5 heteroatoms. The van der Waals surface area contributed by atoms with Gasteiger partial charge in [-0.15, -0.1) is 0 Å². The van der Waals surface area contributed by atoms with Gasteiger partial charge in [-0.3, -0.25) is 0 Å². The average molecular weight is 350 g/mol. The summed E-state index contributed by atoms with van der Waals surface area (Å²) in [6.45, 7) is 0.0720. The summed E-state index contributed by atoms with van der Waals surface area (Å²) in [6.07, 6.45) is 0. The molecule has 0 spiro atoms. The lowest BCUT2D eigenvalue weighted by Gasteiger charge is -2.09. The van der Waals surface area contributed by atoms with Crippen molar-refractivity contribution in [1.29, 1.82) is 0 Å². The van der Waals surface area contributed by atoms with Gasteiger partial charge in [0.05, 0.1) is 5.02 Å². The van der Waals surface area contributed by atoms with Crippen LogP contribution in [0.5, 0.6) is 5.75 Å². The summed E-state index contributed by atoms with van der Waals surface area (Å²) >= 11 is 15.1. The summed E-state index contributed by atoms with van der Waals surface area (Å²) in [4.78, 5) is 0. The Labute approximate surface area is 123 Å². The zero-order chi connectivity index (χ0) is 13.1. The number of hydrogen-bond donors (Lipinski definition) is 0. The predicted octanol–water partition coefficient (Wildman–Crippen LogP) is 5.47. The molecule has 0 fully saturated rings. The molecule has 0 amide bonds. The first-order valence-electron chi connectivity index (χ1n) is 5.08. The molecule has 0 heterocycles. The number of ether oxygens (including phenoxy) is 1. The molecule has 1 nitrogen and oxygen atoms in total. The zero-order valence-electron chi connectivity index (χ0n) is 9.09. The molecule has 18 heavy (non-hydrogen) atoms. The highest BCUT2D eigenvalue weighted by Gasteiger charge is 2.06. The van der Waals surface area contributed by atoms with Crippen molar-refractivity contribution < 1.29 is 9.13 Å². The van der Waals surface area contributed by atoms with Crippen molar-refractivity contribution in [3.8, 4) is 5.75 Å². The van der Waals surface area contributed by atoms with Gasteiger partial charge in [-0.25, -0.2) is 4.39 Å². The molecule has 0 aliphatic heterocycles. The first kappa shape index (κ1) is 13.7. The second-order valence-electron chi connectivity index (χ2n) is 3.60. The minimum Gasteiger partial charge on any atom is -0.487 e. The second kappa shape index (κ2) is 5.91. The van der Waals surface area contributed by atoms with Crippen molar-refractivity contribution in [3.63, 3.8) is 0 Å². The average Bonchev–Trinajstić information content (AvgIpc) is 2.34. The van der Waals surface area contributed by atoms with E-state index in [-0.39, 0.29) is 12.4 Å². The van der Waals surface area contributed by atoms with Crippen LogP contribution in [0, 0.1) is 5.82 Å². The van der Waals surface area contributed by atoms with E-state index >= 15 is 0 Å². The smallest absolute Gasteiger partial charge is 0.139 e. The number of hydrogen-bond acceptors (Lipinski definition) is 1. The van der Waals surface area contributed by atoms with Crippen LogP contribution in [0.2, 0.25) is 10.0 Å². The lowest BCUT2D eigenvalue weighted by atomic mass is 10.2. The number of rotatable bonds is 3. The molecule has 0 bridgehead atoms. The number of benzene rings is 2. The molecule has 0 aliphatic carbocycles. The third kappa shape index (κ3) is 3.37. The Kier molecular flexibility index (Phi) is 4.49. The topological polar surface area (TPSA) is 9.23 Å². The Bertz CT molecular complexity index is 523. The lowest BCUT2D eigenvalue weighted by molar-refractivity contribution is 0.300. The second-order valence-corrected chi connectivity index (χ2v) is 5.36. The summed E-state index contributed by atoms with van der Waals surface area (Å²) in [6, 6.07) is 9.56. The van der Waals surface area contributed by atoms with Crippen molar-refractivity contribution >= 4 is 39.1 Å². The highest BCUT2D eigenvalue weighted by Crippen LogP contribution is 2.29. The van der Waals surface area contributed by atoms with E-state index in [9.17, 15) is 4.39 Å². The zero-order valence-corrected chi connectivity index (χ0v) is 12.2. The van der Waals surface area contributed by atoms with Gasteiger partial charge in [0, 0.05) is 15.1 Å². The van der Waals surface area contributed by atoms with Gasteiger partial charge in [-0.1, -0.05) is 39.1 Å². The van der Waals surface area contributed by atoms with Crippen molar-refractivity contribution in [3.05, 3.63) is 62.3 Å². The minimum atomic E-state index is -0.356.